The van der Waals surface area contributed by atoms with E-state index in [1.54, 1.807) is 0 Å². The summed E-state index contributed by atoms with van der Waals surface area (Å²) in [6.45, 7) is 2.22. The Labute approximate surface area is 172 Å². The first kappa shape index (κ1) is 17.8. The second kappa shape index (κ2) is 7.60. The van der Waals surface area contributed by atoms with E-state index < -0.39 is 0 Å². The van der Waals surface area contributed by atoms with Crippen LogP contribution in [0.2, 0.25) is 0 Å². The minimum absolute atomic E-state index is 0.916. The van der Waals surface area contributed by atoms with Crippen molar-refractivity contribution in [2.45, 2.75) is 26.2 Å². The van der Waals surface area contributed by atoms with Crippen molar-refractivity contribution in [1.82, 2.24) is 0 Å². The molecule has 0 aliphatic heterocycles. The van der Waals surface area contributed by atoms with Crippen molar-refractivity contribution in [3.8, 4) is 22.5 Å². The average Bonchev–Trinajstić information content (AvgIpc) is 3.42. The first-order chi connectivity index (χ1) is 14.3. The summed E-state index contributed by atoms with van der Waals surface area (Å²) in [5, 5.41) is 0. The average molecular weight is 376 g/mol. The summed E-state index contributed by atoms with van der Waals surface area (Å²) in [5.74, 6) is 1.88. The molecule has 1 aliphatic rings. The van der Waals surface area contributed by atoms with Gasteiger partial charge in [0.15, 0.2) is 0 Å². The molecule has 142 valence electrons. The standard InChI is InChI=1S/C28H24O/c1-2-7-20-12-14-21(15-13-20)25-11-6-10-23-18-24(19-26(23)25)28-17-16-27(29-28)22-8-4-3-5-9-22/h3-6,8-17,19H,2,7,18H2,1H3. The predicted octanol–water partition coefficient (Wildman–Crippen LogP) is 7.66. The topological polar surface area (TPSA) is 13.1 Å². The van der Waals surface area contributed by atoms with Crippen LogP contribution in [0.5, 0.6) is 0 Å². The van der Waals surface area contributed by atoms with E-state index in [0.717, 1.165) is 29.9 Å². The van der Waals surface area contributed by atoms with Crippen LogP contribution in [0.1, 0.15) is 35.8 Å². The third-order valence-corrected chi connectivity index (χ3v) is 5.68. The lowest BCUT2D eigenvalue weighted by Gasteiger charge is -2.08. The molecule has 0 saturated carbocycles. The Hall–Kier alpha value is -3.32. The fraction of sp³-hybridized carbons (Fsp3) is 0.143. The summed E-state index contributed by atoms with van der Waals surface area (Å²) in [4.78, 5) is 0. The lowest BCUT2D eigenvalue weighted by molar-refractivity contribution is 0.566. The summed E-state index contributed by atoms with van der Waals surface area (Å²) < 4.78 is 6.20. The monoisotopic (exact) mass is 376 g/mol. The van der Waals surface area contributed by atoms with Crippen LogP contribution in [0.3, 0.4) is 0 Å². The molecule has 0 saturated heterocycles. The van der Waals surface area contributed by atoms with E-state index >= 15 is 0 Å². The normalized spacial score (nSPS) is 12.7. The van der Waals surface area contributed by atoms with Crippen LogP contribution in [0.25, 0.3) is 34.1 Å². The summed E-state index contributed by atoms with van der Waals surface area (Å²) >= 11 is 0. The molecule has 5 rings (SSSR count). The summed E-state index contributed by atoms with van der Waals surface area (Å²) in [6.07, 6.45) is 5.54. The van der Waals surface area contributed by atoms with Gasteiger partial charge in [-0.25, -0.2) is 0 Å². The SMILES string of the molecule is CCCc1ccc(-c2cccc3c2C=C(c2ccc(-c4ccccc4)o2)C3)cc1. The Morgan fingerprint density at radius 2 is 1.52 bits per heavy atom. The second-order valence-electron chi connectivity index (χ2n) is 7.70. The van der Waals surface area contributed by atoms with Gasteiger partial charge in [-0.3, -0.25) is 0 Å². The molecular formula is C28H24O. The number of fused-ring (bicyclic) bond motifs is 1. The van der Waals surface area contributed by atoms with Gasteiger partial charge in [0.1, 0.15) is 11.5 Å². The van der Waals surface area contributed by atoms with Crippen LogP contribution in [-0.4, -0.2) is 0 Å². The second-order valence-corrected chi connectivity index (χ2v) is 7.70. The molecule has 1 heterocycles. The van der Waals surface area contributed by atoms with Gasteiger partial charge in [0.25, 0.3) is 0 Å². The van der Waals surface area contributed by atoms with E-state index in [9.17, 15) is 0 Å². The molecule has 0 N–H and O–H groups in total. The molecule has 4 aromatic rings. The van der Waals surface area contributed by atoms with Crippen molar-refractivity contribution in [2.24, 2.45) is 0 Å². The number of aryl methyl sites for hydroxylation is 1. The molecule has 0 atom stereocenters. The highest BCUT2D eigenvalue weighted by atomic mass is 16.3. The summed E-state index contributed by atoms with van der Waals surface area (Å²) in [5.41, 5.74) is 9.04. The molecule has 1 nitrogen and oxygen atoms in total. The highest BCUT2D eigenvalue weighted by Crippen LogP contribution is 2.39. The molecule has 0 radical (unpaired) electrons. The molecule has 0 spiro atoms. The van der Waals surface area contributed by atoms with Crippen molar-refractivity contribution in [2.75, 3.05) is 0 Å². The van der Waals surface area contributed by atoms with Crippen LogP contribution in [-0.2, 0) is 12.8 Å². The van der Waals surface area contributed by atoms with E-state index in [0.29, 0.717) is 0 Å². The highest BCUT2D eigenvalue weighted by Gasteiger charge is 2.20. The molecule has 0 unspecified atom stereocenters. The van der Waals surface area contributed by atoms with Crippen LogP contribution in [0.4, 0.5) is 0 Å². The van der Waals surface area contributed by atoms with Crippen molar-refractivity contribution in [1.29, 1.82) is 0 Å². The maximum Gasteiger partial charge on any atom is 0.134 e. The van der Waals surface area contributed by atoms with Crippen molar-refractivity contribution in [3.05, 3.63) is 107 Å². The number of rotatable bonds is 5. The van der Waals surface area contributed by atoms with E-state index in [1.165, 1.54) is 39.8 Å². The largest absolute Gasteiger partial charge is 0.456 e. The quantitative estimate of drug-likeness (QED) is 0.348. The number of hydrogen-bond acceptors (Lipinski definition) is 1. The first-order valence-corrected chi connectivity index (χ1v) is 10.4. The van der Waals surface area contributed by atoms with Crippen molar-refractivity contribution in [3.63, 3.8) is 0 Å². The third-order valence-electron chi connectivity index (χ3n) is 5.68. The number of furan rings is 1. The Kier molecular flexibility index (Phi) is 4.65. The van der Waals surface area contributed by atoms with Crippen LogP contribution in [0, 0.1) is 0 Å². The zero-order chi connectivity index (χ0) is 19.6. The summed E-state index contributed by atoms with van der Waals surface area (Å²) in [6, 6.07) is 30.1. The van der Waals surface area contributed by atoms with Gasteiger partial charge in [0, 0.05) is 12.0 Å². The van der Waals surface area contributed by atoms with Crippen LogP contribution >= 0.6 is 0 Å². The fourth-order valence-electron chi connectivity index (χ4n) is 4.19. The van der Waals surface area contributed by atoms with Gasteiger partial charge in [-0.15, -0.1) is 0 Å². The van der Waals surface area contributed by atoms with E-state index in [4.69, 9.17) is 4.42 Å². The van der Waals surface area contributed by atoms with Gasteiger partial charge in [0.05, 0.1) is 0 Å². The summed E-state index contributed by atoms with van der Waals surface area (Å²) in [7, 11) is 0. The van der Waals surface area contributed by atoms with Crippen LogP contribution in [0.15, 0.2) is 89.3 Å². The van der Waals surface area contributed by atoms with E-state index in [-0.39, 0.29) is 0 Å². The molecule has 1 heteroatoms. The van der Waals surface area contributed by atoms with E-state index in [1.807, 2.05) is 18.2 Å². The molecule has 0 amide bonds. The number of benzene rings is 3. The fourth-order valence-corrected chi connectivity index (χ4v) is 4.19. The van der Waals surface area contributed by atoms with Crippen molar-refractivity contribution < 1.29 is 4.42 Å². The van der Waals surface area contributed by atoms with Gasteiger partial charge in [-0.05, 0) is 58.0 Å². The number of allylic oxidation sites excluding steroid dienone is 1. The third kappa shape index (κ3) is 3.45. The molecule has 0 bridgehead atoms. The molecule has 3 aromatic carbocycles. The van der Waals surface area contributed by atoms with Gasteiger partial charge < -0.3 is 4.42 Å². The zero-order valence-corrected chi connectivity index (χ0v) is 16.7. The Balaban J connectivity index is 1.47. The van der Waals surface area contributed by atoms with Gasteiger partial charge in [-0.1, -0.05) is 86.1 Å². The van der Waals surface area contributed by atoms with E-state index in [2.05, 4.69) is 79.7 Å². The highest BCUT2D eigenvalue weighted by molar-refractivity contribution is 5.93. The molecular weight excluding hydrogens is 352 g/mol. The maximum absolute atomic E-state index is 6.20. The molecule has 29 heavy (non-hydrogen) atoms. The predicted molar refractivity (Wildman–Crippen MR) is 122 cm³/mol. The molecule has 1 aromatic heterocycles. The molecule has 1 aliphatic carbocycles. The minimum atomic E-state index is 0.916. The van der Waals surface area contributed by atoms with Crippen molar-refractivity contribution >= 4 is 11.6 Å². The molecule has 0 fully saturated rings. The Morgan fingerprint density at radius 1 is 0.724 bits per heavy atom. The minimum Gasteiger partial charge on any atom is -0.456 e. The smallest absolute Gasteiger partial charge is 0.134 e. The maximum atomic E-state index is 6.20. The Bertz CT molecular complexity index is 1160. The lowest BCUT2D eigenvalue weighted by atomic mass is 9.96. The Morgan fingerprint density at radius 3 is 2.31 bits per heavy atom. The lowest BCUT2D eigenvalue weighted by Crippen LogP contribution is -1.88. The van der Waals surface area contributed by atoms with Crippen LogP contribution < -0.4 is 0 Å². The first-order valence-electron chi connectivity index (χ1n) is 10.4. The zero-order valence-electron chi connectivity index (χ0n) is 16.7. The van der Waals surface area contributed by atoms with Gasteiger partial charge in [-0.2, -0.15) is 0 Å². The van der Waals surface area contributed by atoms with Gasteiger partial charge in [0.2, 0.25) is 0 Å². The number of hydrogen-bond donors (Lipinski definition) is 0. The van der Waals surface area contributed by atoms with Gasteiger partial charge >= 0.3 is 0 Å².